The number of esters is 1. The minimum Gasteiger partial charge on any atom is -0.465 e. The van der Waals surface area contributed by atoms with E-state index in [0.717, 1.165) is 25.9 Å². The van der Waals surface area contributed by atoms with Crippen molar-refractivity contribution >= 4 is 29.4 Å². The molecule has 0 spiro atoms. The second-order valence-electron chi connectivity index (χ2n) is 9.25. The Labute approximate surface area is 188 Å². The molecular formula is C23H33N4O5+. The number of nitrogens with one attached hydrogen (secondary N) is 1. The molecular weight excluding hydrogens is 412 g/mol. The van der Waals surface area contributed by atoms with Gasteiger partial charge in [-0.15, -0.1) is 4.48 Å². The lowest BCUT2D eigenvalue weighted by Gasteiger charge is -2.37. The fourth-order valence-corrected chi connectivity index (χ4v) is 4.52. The van der Waals surface area contributed by atoms with Crippen molar-refractivity contribution in [3.63, 3.8) is 0 Å². The summed E-state index contributed by atoms with van der Waals surface area (Å²) in [5.41, 5.74) is 0.508. The molecule has 174 valence electrons. The lowest BCUT2D eigenvalue weighted by atomic mass is 10.0. The lowest BCUT2D eigenvalue weighted by Crippen LogP contribution is -2.60. The number of likely N-dealkylation sites (tertiary alicyclic amines) is 1. The Hall–Kier alpha value is -2.78. The van der Waals surface area contributed by atoms with Crippen molar-refractivity contribution in [1.29, 1.82) is 0 Å². The topological polar surface area (TPSA) is 109 Å². The number of rotatable bonds is 6. The van der Waals surface area contributed by atoms with E-state index in [1.54, 1.807) is 33.0 Å². The van der Waals surface area contributed by atoms with Crippen LogP contribution in [0.15, 0.2) is 18.5 Å². The highest BCUT2D eigenvalue weighted by Crippen LogP contribution is 2.46. The molecule has 0 bridgehead atoms. The fourth-order valence-electron chi connectivity index (χ4n) is 4.52. The highest BCUT2D eigenvalue weighted by molar-refractivity contribution is 6.21. The van der Waals surface area contributed by atoms with Gasteiger partial charge in [0, 0.05) is 25.8 Å². The number of carboxylic acid groups (broad SMARTS) is 1. The number of hydrogen-bond donors (Lipinski definition) is 2. The van der Waals surface area contributed by atoms with Crippen molar-refractivity contribution in [2.75, 3.05) is 20.2 Å². The van der Waals surface area contributed by atoms with Crippen LogP contribution in [0.1, 0.15) is 58.1 Å². The van der Waals surface area contributed by atoms with Gasteiger partial charge in [-0.1, -0.05) is 6.92 Å². The molecule has 3 heterocycles. The minimum absolute atomic E-state index is 0.0739. The van der Waals surface area contributed by atoms with Gasteiger partial charge in [-0.05, 0) is 51.7 Å². The first-order valence-electron chi connectivity index (χ1n) is 11.0. The molecule has 2 aliphatic rings. The van der Waals surface area contributed by atoms with Crippen LogP contribution in [-0.4, -0.2) is 64.7 Å². The van der Waals surface area contributed by atoms with Gasteiger partial charge in [0.1, 0.15) is 17.3 Å². The summed E-state index contributed by atoms with van der Waals surface area (Å²) in [7, 11) is 1.27. The number of pyridine rings is 1. The van der Waals surface area contributed by atoms with E-state index in [4.69, 9.17) is 4.74 Å². The number of methoxy groups -OCH3 is 1. The third kappa shape index (κ3) is 3.91. The highest BCUT2D eigenvalue weighted by Gasteiger charge is 2.57. The van der Waals surface area contributed by atoms with E-state index in [2.05, 4.69) is 10.3 Å². The Morgan fingerprint density at radius 3 is 2.47 bits per heavy atom. The minimum atomic E-state index is -1.13. The highest BCUT2D eigenvalue weighted by atomic mass is 16.5. The summed E-state index contributed by atoms with van der Waals surface area (Å²) in [6.45, 7) is 9.17. The number of aromatic nitrogens is 1. The molecule has 9 nitrogen and oxygen atoms in total. The van der Waals surface area contributed by atoms with Crippen molar-refractivity contribution in [2.45, 2.75) is 65.1 Å². The molecule has 2 N–H and O–H groups in total. The second-order valence-corrected chi connectivity index (χ2v) is 9.25. The first kappa shape index (κ1) is 23.9. The molecule has 1 unspecified atom stereocenters. The van der Waals surface area contributed by atoms with Crippen molar-refractivity contribution in [1.82, 2.24) is 19.7 Å². The number of ether oxygens (including phenoxy) is 1. The molecule has 1 fully saturated rings. The van der Waals surface area contributed by atoms with Crippen LogP contribution in [0.3, 0.4) is 0 Å². The van der Waals surface area contributed by atoms with E-state index in [1.807, 2.05) is 11.8 Å². The average molecular weight is 446 g/mol. The molecule has 3 rings (SSSR count). The van der Waals surface area contributed by atoms with Gasteiger partial charge >= 0.3 is 12.1 Å². The largest absolute Gasteiger partial charge is 0.525 e. The summed E-state index contributed by atoms with van der Waals surface area (Å²) < 4.78 is 4.34. The SMILES string of the molecule is CC[C@@H](NCc1ccnc2c1C(C(=O)OC)=C[N+]2(C(=O)O)C(C)(C)C)C(=O)N1CCCC1. The molecule has 1 aromatic rings. The first-order chi connectivity index (χ1) is 15.1. The predicted molar refractivity (Wildman–Crippen MR) is 121 cm³/mol. The smallest absolute Gasteiger partial charge is 0.465 e. The Balaban J connectivity index is 2.01. The molecule has 0 radical (unpaired) electrons. The third-order valence-corrected chi connectivity index (χ3v) is 6.37. The number of carbonyl (C=O) groups is 3. The quantitative estimate of drug-likeness (QED) is 0.512. The summed E-state index contributed by atoms with van der Waals surface area (Å²) in [5, 5.41) is 13.5. The van der Waals surface area contributed by atoms with Crippen molar-refractivity contribution in [3.05, 3.63) is 29.6 Å². The second kappa shape index (κ2) is 8.99. The molecule has 2 amide bonds. The van der Waals surface area contributed by atoms with E-state index >= 15 is 0 Å². The van der Waals surface area contributed by atoms with Gasteiger partial charge in [0.15, 0.2) is 0 Å². The Kier molecular flexibility index (Phi) is 6.71. The van der Waals surface area contributed by atoms with Crippen molar-refractivity contribution < 1.29 is 24.2 Å². The number of amides is 2. The van der Waals surface area contributed by atoms with Crippen LogP contribution < -0.4 is 9.80 Å². The summed E-state index contributed by atoms with van der Waals surface area (Å²) >= 11 is 0. The third-order valence-electron chi connectivity index (χ3n) is 6.37. The monoisotopic (exact) mass is 445 g/mol. The van der Waals surface area contributed by atoms with Gasteiger partial charge < -0.3 is 20.1 Å². The van der Waals surface area contributed by atoms with Crippen LogP contribution in [0, 0.1) is 0 Å². The maximum absolute atomic E-state index is 12.9. The van der Waals surface area contributed by atoms with E-state index in [9.17, 15) is 19.5 Å². The Morgan fingerprint density at radius 1 is 1.28 bits per heavy atom. The van der Waals surface area contributed by atoms with Crippen LogP contribution in [0.25, 0.3) is 5.57 Å². The van der Waals surface area contributed by atoms with E-state index < -0.39 is 22.1 Å². The van der Waals surface area contributed by atoms with E-state index in [-0.39, 0.29) is 23.3 Å². The summed E-state index contributed by atoms with van der Waals surface area (Å²) in [4.78, 5) is 44.3. The fraction of sp³-hybridized carbons (Fsp3) is 0.565. The maximum atomic E-state index is 12.9. The molecule has 9 heteroatoms. The maximum Gasteiger partial charge on any atom is 0.525 e. The number of carbonyl (C=O) groups excluding carboxylic acids is 2. The van der Waals surface area contributed by atoms with Gasteiger partial charge in [0.05, 0.1) is 18.7 Å². The summed E-state index contributed by atoms with van der Waals surface area (Å²) in [6, 6.07) is 1.39. The van der Waals surface area contributed by atoms with E-state index in [1.165, 1.54) is 13.3 Å². The molecule has 2 atom stereocenters. The van der Waals surface area contributed by atoms with Crippen LogP contribution in [0.5, 0.6) is 0 Å². The van der Waals surface area contributed by atoms with Gasteiger partial charge in [-0.25, -0.2) is 9.78 Å². The summed E-state index contributed by atoms with van der Waals surface area (Å²) in [5.74, 6) is -0.278. The van der Waals surface area contributed by atoms with Gasteiger partial charge in [0.2, 0.25) is 5.91 Å². The van der Waals surface area contributed by atoms with Crippen LogP contribution in [0.4, 0.5) is 10.6 Å². The molecule has 1 aromatic heterocycles. The lowest BCUT2D eigenvalue weighted by molar-refractivity contribution is -0.134. The zero-order chi connectivity index (χ0) is 23.7. The van der Waals surface area contributed by atoms with Gasteiger partial charge in [-0.3, -0.25) is 4.79 Å². The summed E-state index contributed by atoms with van der Waals surface area (Å²) in [6.07, 6.45) is 4.51. The predicted octanol–water partition coefficient (Wildman–Crippen LogP) is 2.88. The Morgan fingerprint density at radius 2 is 1.94 bits per heavy atom. The zero-order valence-corrected chi connectivity index (χ0v) is 19.5. The van der Waals surface area contributed by atoms with Crippen molar-refractivity contribution in [3.8, 4) is 0 Å². The molecule has 32 heavy (non-hydrogen) atoms. The standard InChI is InChI=1S/C23H32N4O5/c1-6-17(20(28)26-11-7-8-12-26)25-13-15-9-10-24-19-18(15)16(21(29)32-5)14-27(19,22(30)31)23(2,3)4/h9-10,14,17,25H,6-8,11-13H2,1-5H3/p+1/t17-,27?/m1/s1. The van der Waals surface area contributed by atoms with Crippen LogP contribution >= 0.6 is 0 Å². The first-order valence-corrected chi connectivity index (χ1v) is 11.0. The van der Waals surface area contributed by atoms with Crippen LogP contribution in [-0.2, 0) is 20.9 Å². The molecule has 1 saturated heterocycles. The average Bonchev–Trinajstić information content (AvgIpc) is 3.40. The number of nitrogens with zero attached hydrogens (tertiary/aromatic N) is 3. The van der Waals surface area contributed by atoms with Crippen LogP contribution in [0.2, 0.25) is 0 Å². The molecule has 0 aliphatic carbocycles. The van der Waals surface area contributed by atoms with Crippen molar-refractivity contribution in [2.24, 2.45) is 0 Å². The molecule has 0 aromatic carbocycles. The molecule has 0 saturated carbocycles. The number of quaternary nitrogens is 1. The van der Waals surface area contributed by atoms with Gasteiger partial charge in [-0.2, -0.15) is 4.79 Å². The number of hydrogen-bond acceptors (Lipinski definition) is 6. The Bertz CT molecular complexity index is 946. The zero-order valence-electron chi connectivity index (χ0n) is 19.5. The van der Waals surface area contributed by atoms with E-state index in [0.29, 0.717) is 24.1 Å². The molecule has 2 aliphatic heterocycles. The normalized spacial score (nSPS) is 21.2. The number of fused-ring (bicyclic) bond motifs is 1. The van der Waals surface area contributed by atoms with Gasteiger partial charge in [0.25, 0.3) is 5.82 Å².